The van der Waals surface area contributed by atoms with Gasteiger partial charge in [0.05, 0.1) is 0 Å². The quantitative estimate of drug-likeness (QED) is 0.573. The van der Waals surface area contributed by atoms with Gasteiger partial charge in [0.1, 0.15) is 23.0 Å². The Balaban J connectivity index is 2.06. The van der Waals surface area contributed by atoms with E-state index in [0.717, 1.165) is 11.1 Å². The first kappa shape index (κ1) is 13.5. The number of halogens is 2. The molecule has 1 heterocycles. The minimum atomic E-state index is -0.391. The van der Waals surface area contributed by atoms with Gasteiger partial charge in [-0.05, 0) is 29.8 Å². The molecule has 0 radical (unpaired) electrons. The van der Waals surface area contributed by atoms with Crippen molar-refractivity contribution in [3.05, 3.63) is 71.3 Å². The van der Waals surface area contributed by atoms with Crippen molar-refractivity contribution in [2.75, 3.05) is 5.43 Å². The van der Waals surface area contributed by atoms with Gasteiger partial charge in [-0.1, -0.05) is 24.3 Å². The molecule has 0 bridgehead atoms. The summed E-state index contributed by atoms with van der Waals surface area (Å²) in [5.74, 6) is 5.21. The van der Waals surface area contributed by atoms with Crippen LogP contribution in [0, 0.1) is 11.6 Å². The summed E-state index contributed by atoms with van der Waals surface area (Å²) in [5.41, 5.74) is 4.51. The molecule has 5 heteroatoms. The fraction of sp³-hybridized carbons (Fsp3) is 0.0625. The van der Waals surface area contributed by atoms with Crippen LogP contribution in [0.5, 0.6) is 0 Å². The smallest absolute Gasteiger partial charge is 0.149 e. The number of hydrogen-bond acceptors (Lipinski definition) is 3. The first-order valence-corrected chi connectivity index (χ1v) is 6.46. The van der Waals surface area contributed by atoms with Gasteiger partial charge in [-0.3, -0.25) is 0 Å². The lowest BCUT2D eigenvalue weighted by molar-refractivity contribution is 0.627. The van der Waals surface area contributed by atoms with E-state index in [1.54, 1.807) is 24.3 Å². The maximum Gasteiger partial charge on any atom is 0.149 e. The summed E-state index contributed by atoms with van der Waals surface area (Å²) in [4.78, 5) is 4.22. The minimum Gasteiger partial charge on any atom is -0.308 e. The van der Waals surface area contributed by atoms with Crippen molar-refractivity contribution in [3.63, 3.8) is 0 Å². The van der Waals surface area contributed by atoms with E-state index in [0.29, 0.717) is 17.6 Å². The number of nitrogens with zero attached hydrogens (tertiary/aromatic N) is 1. The topological polar surface area (TPSA) is 50.9 Å². The summed E-state index contributed by atoms with van der Waals surface area (Å²) in [5, 5.41) is 0.700. The number of nitrogens with two attached hydrogens (primary N) is 1. The molecule has 0 aliphatic carbocycles. The van der Waals surface area contributed by atoms with Crippen LogP contribution >= 0.6 is 0 Å². The van der Waals surface area contributed by atoms with Crippen molar-refractivity contribution >= 4 is 16.7 Å². The van der Waals surface area contributed by atoms with Crippen molar-refractivity contribution in [2.24, 2.45) is 5.84 Å². The molecule has 21 heavy (non-hydrogen) atoms. The monoisotopic (exact) mass is 285 g/mol. The van der Waals surface area contributed by atoms with Gasteiger partial charge in [0.2, 0.25) is 0 Å². The van der Waals surface area contributed by atoms with Crippen LogP contribution in [0.3, 0.4) is 0 Å². The van der Waals surface area contributed by atoms with Gasteiger partial charge in [-0.15, -0.1) is 0 Å². The number of rotatable bonds is 3. The zero-order chi connectivity index (χ0) is 14.8. The molecular weight excluding hydrogens is 272 g/mol. The van der Waals surface area contributed by atoms with Crippen LogP contribution in [0.1, 0.15) is 11.1 Å². The Bertz CT molecular complexity index is 785. The molecule has 3 aromatic rings. The van der Waals surface area contributed by atoms with Gasteiger partial charge in [-0.25, -0.2) is 19.6 Å². The molecule has 0 amide bonds. The number of hydrazine groups is 1. The van der Waals surface area contributed by atoms with Gasteiger partial charge < -0.3 is 5.43 Å². The van der Waals surface area contributed by atoms with Crippen LogP contribution in [-0.2, 0) is 6.42 Å². The average molecular weight is 285 g/mol. The van der Waals surface area contributed by atoms with Gasteiger partial charge in [0, 0.05) is 17.4 Å². The highest BCUT2D eigenvalue weighted by molar-refractivity contribution is 5.82. The number of hydrogen-bond donors (Lipinski definition) is 2. The molecule has 3 nitrogen and oxygen atoms in total. The number of aromatic nitrogens is 1. The zero-order valence-corrected chi connectivity index (χ0v) is 11.1. The Kier molecular flexibility index (Phi) is 3.50. The largest absolute Gasteiger partial charge is 0.308 e. The van der Waals surface area contributed by atoms with E-state index in [1.807, 2.05) is 6.07 Å². The van der Waals surface area contributed by atoms with Crippen LogP contribution in [0.2, 0.25) is 0 Å². The summed E-state index contributed by atoms with van der Waals surface area (Å²) >= 11 is 0. The van der Waals surface area contributed by atoms with E-state index in [1.165, 1.54) is 18.2 Å². The lowest BCUT2D eigenvalue weighted by Gasteiger charge is -2.10. The van der Waals surface area contributed by atoms with Gasteiger partial charge >= 0.3 is 0 Å². The number of para-hydroxylation sites is 1. The molecule has 0 aliphatic rings. The van der Waals surface area contributed by atoms with Crippen LogP contribution in [-0.4, -0.2) is 4.98 Å². The van der Waals surface area contributed by atoms with Crippen molar-refractivity contribution in [1.82, 2.24) is 4.98 Å². The number of benzene rings is 2. The Morgan fingerprint density at radius 1 is 1.05 bits per heavy atom. The molecule has 0 spiro atoms. The summed E-state index contributed by atoms with van der Waals surface area (Å²) in [6.45, 7) is 0. The van der Waals surface area contributed by atoms with Crippen molar-refractivity contribution in [2.45, 2.75) is 6.42 Å². The summed E-state index contributed by atoms with van der Waals surface area (Å²) in [7, 11) is 0. The molecular formula is C16H13F2N3. The molecule has 3 N–H and O–H groups in total. The van der Waals surface area contributed by atoms with Crippen molar-refractivity contribution in [1.29, 1.82) is 0 Å². The van der Waals surface area contributed by atoms with E-state index in [9.17, 15) is 8.78 Å². The maximum absolute atomic E-state index is 13.7. The SMILES string of the molecule is NNc1nc2c(F)cccc2cc1Cc1ccc(F)cc1. The van der Waals surface area contributed by atoms with E-state index in [-0.39, 0.29) is 11.3 Å². The van der Waals surface area contributed by atoms with Crippen LogP contribution in [0.25, 0.3) is 10.9 Å². The predicted molar refractivity (Wildman–Crippen MR) is 78.7 cm³/mol. The third-order valence-corrected chi connectivity index (χ3v) is 3.32. The molecule has 0 saturated heterocycles. The van der Waals surface area contributed by atoms with Crippen LogP contribution in [0.15, 0.2) is 48.5 Å². The fourth-order valence-electron chi connectivity index (χ4n) is 2.29. The lowest BCUT2D eigenvalue weighted by Crippen LogP contribution is -2.12. The molecule has 0 aliphatic heterocycles. The molecule has 0 fully saturated rings. The summed E-state index contributed by atoms with van der Waals surface area (Å²) < 4.78 is 26.7. The number of anilines is 1. The Morgan fingerprint density at radius 2 is 1.81 bits per heavy atom. The number of nitrogens with one attached hydrogen (secondary N) is 1. The molecule has 106 valence electrons. The fourth-order valence-corrected chi connectivity index (χ4v) is 2.29. The minimum absolute atomic E-state index is 0.272. The van der Waals surface area contributed by atoms with Gasteiger partial charge in [-0.2, -0.15) is 0 Å². The first-order valence-electron chi connectivity index (χ1n) is 6.46. The van der Waals surface area contributed by atoms with E-state index in [4.69, 9.17) is 5.84 Å². The predicted octanol–water partition coefficient (Wildman–Crippen LogP) is 3.39. The Morgan fingerprint density at radius 3 is 2.52 bits per heavy atom. The van der Waals surface area contributed by atoms with Crippen LogP contribution in [0.4, 0.5) is 14.6 Å². The Labute approximate surface area is 120 Å². The second-order valence-electron chi connectivity index (χ2n) is 4.76. The summed E-state index contributed by atoms with van der Waals surface area (Å²) in [6, 6.07) is 12.8. The van der Waals surface area contributed by atoms with Gasteiger partial charge in [0.15, 0.2) is 0 Å². The molecule has 0 unspecified atom stereocenters. The number of fused-ring (bicyclic) bond motifs is 1. The molecule has 3 rings (SSSR count). The normalized spacial score (nSPS) is 10.8. The maximum atomic E-state index is 13.7. The first-order chi connectivity index (χ1) is 10.2. The number of nitrogen functional groups attached to an aromatic ring is 1. The van der Waals surface area contributed by atoms with E-state index in [2.05, 4.69) is 10.4 Å². The highest BCUT2D eigenvalue weighted by Crippen LogP contribution is 2.24. The van der Waals surface area contributed by atoms with E-state index < -0.39 is 5.82 Å². The molecule has 2 aromatic carbocycles. The van der Waals surface area contributed by atoms with Crippen LogP contribution < -0.4 is 11.3 Å². The van der Waals surface area contributed by atoms with Crippen molar-refractivity contribution in [3.8, 4) is 0 Å². The van der Waals surface area contributed by atoms with Gasteiger partial charge in [0.25, 0.3) is 0 Å². The lowest BCUT2D eigenvalue weighted by atomic mass is 10.0. The molecule has 0 saturated carbocycles. The number of pyridine rings is 1. The third kappa shape index (κ3) is 2.68. The average Bonchev–Trinajstić information content (AvgIpc) is 2.49. The standard InChI is InChI=1S/C16H13F2N3/c17-13-6-4-10(5-7-13)8-12-9-11-2-1-3-14(18)15(11)20-16(12)21-19/h1-7,9H,8,19H2,(H,20,21). The Hall–Kier alpha value is -2.53. The van der Waals surface area contributed by atoms with Crippen molar-refractivity contribution < 1.29 is 8.78 Å². The molecule has 1 aromatic heterocycles. The third-order valence-electron chi connectivity index (χ3n) is 3.32. The molecule has 0 atom stereocenters. The highest BCUT2D eigenvalue weighted by atomic mass is 19.1. The zero-order valence-electron chi connectivity index (χ0n) is 11.1. The summed E-state index contributed by atoms with van der Waals surface area (Å²) in [6.07, 6.45) is 0.527. The van der Waals surface area contributed by atoms with E-state index >= 15 is 0 Å². The highest BCUT2D eigenvalue weighted by Gasteiger charge is 2.09. The second kappa shape index (κ2) is 5.46. The second-order valence-corrected chi connectivity index (χ2v) is 4.76.